The summed E-state index contributed by atoms with van der Waals surface area (Å²) in [5, 5.41) is 9.83. The van der Waals surface area contributed by atoms with Crippen molar-refractivity contribution in [3.05, 3.63) is 64.2 Å². The number of hydrogen-bond donors (Lipinski definition) is 1. The standard InChI is InChI=1S/C16H16ClNO2/c1-11-3-6-13(9-15(11)17)16(20)18(2)10-12-4-7-14(19)8-5-12/h3-9,19H,10H2,1-2H3. The summed E-state index contributed by atoms with van der Waals surface area (Å²) in [6.07, 6.45) is 0. The molecule has 2 rings (SSSR count). The summed E-state index contributed by atoms with van der Waals surface area (Å²) in [4.78, 5) is 13.9. The van der Waals surface area contributed by atoms with Gasteiger partial charge >= 0.3 is 0 Å². The Morgan fingerprint density at radius 2 is 1.85 bits per heavy atom. The minimum Gasteiger partial charge on any atom is -0.508 e. The molecule has 0 aliphatic heterocycles. The second kappa shape index (κ2) is 5.97. The Labute approximate surface area is 123 Å². The molecule has 20 heavy (non-hydrogen) atoms. The topological polar surface area (TPSA) is 40.5 Å². The fraction of sp³-hybridized carbons (Fsp3) is 0.188. The highest BCUT2D eigenvalue weighted by Crippen LogP contribution is 2.18. The molecule has 4 heteroatoms. The lowest BCUT2D eigenvalue weighted by atomic mass is 10.1. The number of hydrogen-bond acceptors (Lipinski definition) is 2. The van der Waals surface area contributed by atoms with E-state index in [1.807, 2.05) is 13.0 Å². The molecule has 0 saturated carbocycles. The fourth-order valence-corrected chi connectivity index (χ4v) is 2.07. The van der Waals surface area contributed by atoms with Crippen LogP contribution in [0.5, 0.6) is 5.75 Å². The Bertz CT molecular complexity index is 623. The first kappa shape index (κ1) is 14.4. The van der Waals surface area contributed by atoms with Gasteiger partial charge in [0.2, 0.25) is 0 Å². The lowest BCUT2D eigenvalue weighted by Gasteiger charge is -2.17. The van der Waals surface area contributed by atoms with Gasteiger partial charge in [0.1, 0.15) is 5.75 Å². The smallest absolute Gasteiger partial charge is 0.253 e. The lowest BCUT2D eigenvalue weighted by molar-refractivity contribution is 0.0785. The molecule has 2 aromatic carbocycles. The summed E-state index contributed by atoms with van der Waals surface area (Å²) < 4.78 is 0. The molecule has 0 radical (unpaired) electrons. The molecule has 1 N–H and O–H groups in total. The Kier molecular flexibility index (Phi) is 4.30. The molecule has 0 bridgehead atoms. The average molecular weight is 290 g/mol. The van der Waals surface area contributed by atoms with E-state index in [1.165, 1.54) is 0 Å². The van der Waals surface area contributed by atoms with Crippen LogP contribution in [0.4, 0.5) is 0 Å². The Morgan fingerprint density at radius 1 is 1.20 bits per heavy atom. The number of benzene rings is 2. The zero-order valence-corrected chi connectivity index (χ0v) is 12.2. The molecule has 0 aliphatic carbocycles. The van der Waals surface area contributed by atoms with Crippen LogP contribution in [0.25, 0.3) is 0 Å². The number of rotatable bonds is 3. The van der Waals surface area contributed by atoms with Gasteiger partial charge in [0.05, 0.1) is 0 Å². The number of phenolic OH excluding ortho intramolecular Hbond substituents is 1. The van der Waals surface area contributed by atoms with Crippen molar-refractivity contribution in [3.8, 4) is 5.75 Å². The Hall–Kier alpha value is -2.00. The molecule has 0 spiro atoms. The molecule has 0 fully saturated rings. The molecule has 0 aromatic heterocycles. The summed E-state index contributed by atoms with van der Waals surface area (Å²) in [6.45, 7) is 2.38. The molecule has 0 atom stereocenters. The second-order valence-corrected chi connectivity index (χ2v) is 5.20. The third-order valence-corrected chi connectivity index (χ3v) is 3.53. The minimum absolute atomic E-state index is 0.0834. The minimum atomic E-state index is -0.0834. The summed E-state index contributed by atoms with van der Waals surface area (Å²) in [5.74, 6) is 0.132. The number of amides is 1. The van der Waals surface area contributed by atoms with Crippen molar-refractivity contribution >= 4 is 17.5 Å². The van der Waals surface area contributed by atoms with E-state index >= 15 is 0 Å². The third kappa shape index (κ3) is 3.31. The van der Waals surface area contributed by atoms with E-state index in [1.54, 1.807) is 48.3 Å². The number of carbonyl (C=O) groups is 1. The van der Waals surface area contributed by atoms with Crippen molar-refractivity contribution in [2.24, 2.45) is 0 Å². The van der Waals surface area contributed by atoms with Crippen molar-refractivity contribution in [2.45, 2.75) is 13.5 Å². The van der Waals surface area contributed by atoms with Crippen molar-refractivity contribution in [1.82, 2.24) is 4.90 Å². The average Bonchev–Trinajstić information content (AvgIpc) is 2.43. The molecule has 0 unspecified atom stereocenters. The van der Waals surface area contributed by atoms with E-state index in [0.29, 0.717) is 17.1 Å². The number of carbonyl (C=O) groups excluding carboxylic acids is 1. The molecule has 0 heterocycles. The molecule has 104 valence electrons. The van der Waals surface area contributed by atoms with Crippen LogP contribution in [0.15, 0.2) is 42.5 Å². The van der Waals surface area contributed by atoms with E-state index < -0.39 is 0 Å². The number of aryl methyl sites for hydroxylation is 1. The predicted molar refractivity (Wildman–Crippen MR) is 80.1 cm³/mol. The van der Waals surface area contributed by atoms with Crippen molar-refractivity contribution in [1.29, 1.82) is 0 Å². The zero-order valence-electron chi connectivity index (χ0n) is 11.4. The largest absolute Gasteiger partial charge is 0.508 e. The summed E-state index contributed by atoms with van der Waals surface area (Å²) >= 11 is 6.04. The monoisotopic (exact) mass is 289 g/mol. The SMILES string of the molecule is Cc1ccc(C(=O)N(C)Cc2ccc(O)cc2)cc1Cl. The molecule has 0 saturated heterocycles. The van der Waals surface area contributed by atoms with Gasteiger partial charge in [-0.15, -0.1) is 0 Å². The van der Waals surface area contributed by atoms with Crippen molar-refractivity contribution in [2.75, 3.05) is 7.05 Å². The van der Waals surface area contributed by atoms with Crippen LogP contribution < -0.4 is 0 Å². The third-order valence-electron chi connectivity index (χ3n) is 3.12. The van der Waals surface area contributed by atoms with E-state index in [-0.39, 0.29) is 11.7 Å². The quantitative estimate of drug-likeness (QED) is 0.937. The maximum atomic E-state index is 12.3. The number of nitrogens with zero attached hydrogens (tertiary/aromatic N) is 1. The van der Waals surface area contributed by atoms with Gasteiger partial charge in [-0.2, -0.15) is 0 Å². The molecule has 3 nitrogen and oxygen atoms in total. The first-order valence-electron chi connectivity index (χ1n) is 6.27. The van der Waals surface area contributed by atoms with Crippen LogP contribution >= 0.6 is 11.6 Å². The predicted octanol–water partition coefficient (Wildman–Crippen LogP) is 3.63. The van der Waals surface area contributed by atoms with Gasteiger partial charge in [-0.25, -0.2) is 0 Å². The molecule has 0 aliphatic rings. The molecule has 1 amide bonds. The maximum absolute atomic E-state index is 12.3. The van der Waals surface area contributed by atoms with Crippen LogP contribution in [-0.2, 0) is 6.54 Å². The number of phenols is 1. The maximum Gasteiger partial charge on any atom is 0.253 e. The number of aromatic hydroxyl groups is 1. The van der Waals surface area contributed by atoms with E-state index in [2.05, 4.69) is 0 Å². The van der Waals surface area contributed by atoms with E-state index in [0.717, 1.165) is 11.1 Å². The van der Waals surface area contributed by atoms with Crippen molar-refractivity contribution in [3.63, 3.8) is 0 Å². The van der Waals surface area contributed by atoms with Gasteiger partial charge in [0.25, 0.3) is 5.91 Å². The fourth-order valence-electron chi connectivity index (χ4n) is 1.89. The highest BCUT2D eigenvalue weighted by molar-refractivity contribution is 6.31. The van der Waals surface area contributed by atoms with Gasteiger partial charge in [-0.3, -0.25) is 4.79 Å². The highest BCUT2D eigenvalue weighted by Gasteiger charge is 2.13. The van der Waals surface area contributed by atoms with Gasteiger partial charge < -0.3 is 10.0 Å². The molecular formula is C16H16ClNO2. The first-order chi connectivity index (χ1) is 9.47. The lowest BCUT2D eigenvalue weighted by Crippen LogP contribution is -2.26. The van der Waals surface area contributed by atoms with Gasteiger partial charge in [-0.1, -0.05) is 29.8 Å². The van der Waals surface area contributed by atoms with Gasteiger partial charge in [-0.05, 0) is 42.3 Å². The normalized spacial score (nSPS) is 10.3. The second-order valence-electron chi connectivity index (χ2n) is 4.79. The van der Waals surface area contributed by atoms with Gasteiger partial charge in [0.15, 0.2) is 0 Å². The van der Waals surface area contributed by atoms with E-state index in [4.69, 9.17) is 11.6 Å². The summed E-state index contributed by atoms with van der Waals surface area (Å²) in [6, 6.07) is 12.1. The number of halogens is 1. The van der Waals surface area contributed by atoms with Crippen LogP contribution in [-0.4, -0.2) is 23.0 Å². The first-order valence-corrected chi connectivity index (χ1v) is 6.64. The highest BCUT2D eigenvalue weighted by atomic mass is 35.5. The van der Waals surface area contributed by atoms with Crippen LogP contribution in [0.3, 0.4) is 0 Å². The summed E-state index contributed by atoms with van der Waals surface area (Å²) in [7, 11) is 1.74. The Balaban J connectivity index is 2.11. The zero-order chi connectivity index (χ0) is 14.7. The summed E-state index contributed by atoms with van der Waals surface area (Å²) in [5.41, 5.74) is 2.48. The Morgan fingerprint density at radius 3 is 2.45 bits per heavy atom. The van der Waals surface area contributed by atoms with Crippen LogP contribution in [0.1, 0.15) is 21.5 Å². The van der Waals surface area contributed by atoms with Crippen LogP contribution in [0, 0.1) is 6.92 Å². The molecule has 2 aromatic rings. The molecular weight excluding hydrogens is 274 g/mol. The van der Waals surface area contributed by atoms with E-state index in [9.17, 15) is 9.90 Å². The van der Waals surface area contributed by atoms with Crippen molar-refractivity contribution < 1.29 is 9.90 Å². The van der Waals surface area contributed by atoms with Crippen LogP contribution in [0.2, 0.25) is 5.02 Å². The van der Waals surface area contributed by atoms with Gasteiger partial charge in [0, 0.05) is 24.2 Å².